The van der Waals surface area contributed by atoms with Crippen LogP contribution in [-0.2, 0) is 18.6 Å². The first-order valence-electron chi connectivity index (χ1n) is 6.03. The van der Waals surface area contributed by atoms with E-state index in [0.717, 1.165) is 12.8 Å². The van der Waals surface area contributed by atoms with Gasteiger partial charge in [0.1, 0.15) is 25.2 Å². The van der Waals surface area contributed by atoms with Crippen LogP contribution >= 0.6 is 7.60 Å². The molecule has 0 amide bonds. The van der Waals surface area contributed by atoms with Crippen molar-refractivity contribution in [1.29, 1.82) is 0 Å². The van der Waals surface area contributed by atoms with Crippen molar-refractivity contribution >= 4 is 15.4 Å². The van der Waals surface area contributed by atoms with Crippen LogP contribution in [0.2, 0.25) is 0 Å². The van der Waals surface area contributed by atoms with Crippen LogP contribution in [0, 0.1) is 5.92 Å². The van der Waals surface area contributed by atoms with E-state index in [1.807, 2.05) is 7.85 Å². The molecular formula is C10H18BO5P. The Kier molecular flexibility index (Phi) is 2.41. The molecule has 96 valence electrons. The summed E-state index contributed by atoms with van der Waals surface area (Å²) in [7, 11) is 0.159. The van der Waals surface area contributed by atoms with Crippen LogP contribution in [0.5, 0.6) is 0 Å². The molecule has 4 unspecified atom stereocenters. The standard InChI is InChI=1S/C10H18BO5P/c1-14-10-4-6(10)3-9(16-17(2,12)13)5-7(11)15-8(9)10/h6-8H,3-5,11H2,1-2H3,(H,12,13)/t6?,7-,8?,9?,10-/m1/s1. The minimum atomic E-state index is -3.50. The predicted octanol–water partition coefficient (Wildman–Crippen LogP) is 0.114. The molecular weight excluding hydrogens is 242 g/mol. The van der Waals surface area contributed by atoms with Crippen LogP contribution in [0.1, 0.15) is 19.3 Å². The van der Waals surface area contributed by atoms with E-state index in [9.17, 15) is 9.46 Å². The Morgan fingerprint density at radius 1 is 1.47 bits per heavy atom. The average Bonchev–Trinajstić information content (AvgIpc) is 2.66. The summed E-state index contributed by atoms with van der Waals surface area (Å²) in [6.07, 6.45) is 2.23. The molecule has 5 nitrogen and oxygen atoms in total. The molecule has 0 bridgehead atoms. The maximum atomic E-state index is 11.6. The fourth-order valence-corrected chi connectivity index (χ4v) is 4.79. The predicted molar refractivity (Wildman–Crippen MR) is 63.9 cm³/mol. The Morgan fingerprint density at radius 2 is 2.18 bits per heavy atom. The molecule has 3 rings (SSSR count). The smallest absolute Gasteiger partial charge is 0.325 e. The fraction of sp³-hybridized carbons (Fsp3) is 1.00. The quantitative estimate of drug-likeness (QED) is 0.576. The monoisotopic (exact) mass is 260 g/mol. The highest BCUT2D eigenvalue weighted by atomic mass is 31.2. The largest absolute Gasteiger partial charge is 0.378 e. The molecule has 1 aliphatic heterocycles. The first-order chi connectivity index (χ1) is 7.81. The summed E-state index contributed by atoms with van der Waals surface area (Å²) in [6, 6.07) is 0.0557. The summed E-state index contributed by atoms with van der Waals surface area (Å²) >= 11 is 0. The highest BCUT2D eigenvalue weighted by Crippen LogP contribution is 2.69. The molecule has 6 atom stereocenters. The summed E-state index contributed by atoms with van der Waals surface area (Å²) in [6.45, 7) is 1.24. The zero-order valence-electron chi connectivity index (χ0n) is 10.4. The van der Waals surface area contributed by atoms with E-state index in [0.29, 0.717) is 12.3 Å². The molecule has 2 saturated carbocycles. The SMILES string of the molecule is B[C@H]1CC2(OP(C)(=O)O)CC3C[C@]3(OC)C2O1. The van der Waals surface area contributed by atoms with Gasteiger partial charge in [0.05, 0.1) is 0 Å². The third-order valence-corrected chi connectivity index (χ3v) is 5.04. The van der Waals surface area contributed by atoms with Crippen LogP contribution in [-0.4, -0.2) is 49.8 Å². The fourth-order valence-electron chi connectivity index (χ4n) is 3.87. The Labute approximate surface area is 102 Å². The molecule has 0 aromatic heterocycles. The van der Waals surface area contributed by atoms with Crippen molar-refractivity contribution in [1.82, 2.24) is 0 Å². The molecule has 1 N–H and O–H groups in total. The Hall–Kier alpha value is 0.135. The van der Waals surface area contributed by atoms with E-state index in [4.69, 9.17) is 14.0 Å². The number of hydrogen-bond acceptors (Lipinski definition) is 4. The van der Waals surface area contributed by atoms with Gasteiger partial charge in [-0.05, 0) is 25.2 Å². The summed E-state index contributed by atoms with van der Waals surface area (Å²) < 4.78 is 28.6. The van der Waals surface area contributed by atoms with Crippen LogP contribution < -0.4 is 0 Å². The van der Waals surface area contributed by atoms with E-state index < -0.39 is 13.2 Å². The van der Waals surface area contributed by atoms with Crippen LogP contribution in [0.3, 0.4) is 0 Å². The van der Waals surface area contributed by atoms with Gasteiger partial charge in [0.2, 0.25) is 0 Å². The van der Waals surface area contributed by atoms with Crippen molar-refractivity contribution < 1.29 is 23.5 Å². The van der Waals surface area contributed by atoms with Crippen molar-refractivity contribution in [3.63, 3.8) is 0 Å². The lowest BCUT2D eigenvalue weighted by Crippen LogP contribution is -2.44. The minimum Gasteiger partial charge on any atom is -0.378 e. The molecule has 0 spiro atoms. The van der Waals surface area contributed by atoms with Crippen LogP contribution in [0.25, 0.3) is 0 Å². The topological polar surface area (TPSA) is 65.0 Å². The van der Waals surface area contributed by atoms with E-state index in [1.54, 1.807) is 7.11 Å². The molecule has 0 aromatic carbocycles. The van der Waals surface area contributed by atoms with Crippen LogP contribution in [0.4, 0.5) is 0 Å². The van der Waals surface area contributed by atoms with Gasteiger partial charge in [0.25, 0.3) is 0 Å². The molecule has 3 aliphatic rings. The number of methoxy groups -OCH3 is 1. The molecule has 1 saturated heterocycles. The number of hydrogen-bond donors (Lipinski definition) is 1. The molecule has 3 fully saturated rings. The van der Waals surface area contributed by atoms with E-state index >= 15 is 0 Å². The normalized spacial score (nSPS) is 55.1. The molecule has 2 aliphatic carbocycles. The van der Waals surface area contributed by atoms with E-state index in [-0.39, 0.29) is 17.7 Å². The average molecular weight is 260 g/mol. The minimum absolute atomic E-state index is 0.0557. The summed E-state index contributed by atoms with van der Waals surface area (Å²) in [5.41, 5.74) is -0.878. The number of fused-ring (bicyclic) bond motifs is 3. The highest BCUT2D eigenvalue weighted by Gasteiger charge is 2.77. The molecule has 0 radical (unpaired) electrons. The lowest BCUT2D eigenvalue weighted by molar-refractivity contribution is -0.0939. The van der Waals surface area contributed by atoms with Gasteiger partial charge in [0.15, 0.2) is 0 Å². The number of rotatable bonds is 3. The van der Waals surface area contributed by atoms with Gasteiger partial charge in [0, 0.05) is 19.8 Å². The Bertz CT molecular complexity index is 394. The van der Waals surface area contributed by atoms with Gasteiger partial charge < -0.3 is 14.4 Å². The molecule has 1 heterocycles. The maximum absolute atomic E-state index is 11.6. The second-order valence-electron chi connectivity index (χ2n) is 5.75. The van der Waals surface area contributed by atoms with Crippen molar-refractivity contribution in [2.75, 3.05) is 13.8 Å². The Balaban J connectivity index is 1.91. The first kappa shape index (κ1) is 12.2. The van der Waals surface area contributed by atoms with Crippen LogP contribution in [0.15, 0.2) is 0 Å². The van der Waals surface area contributed by atoms with Gasteiger partial charge in [-0.25, -0.2) is 0 Å². The van der Waals surface area contributed by atoms with E-state index in [2.05, 4.69) is 0 Å². The number of ether oxygens (including phenoxy) is 2. The van der Waals surface area contributed by atoms with Crippen molar-refractivity contribution in [3.8, 4) is 0 Å². The van der Waals surface area contributed by atoms with Gasteiger partial charge in [-0.3, -0.25) is 9.09 Å². The lowest BCUT2D eigenvalue weighted by Gasteiger charge is -2.33. The molecule has 7 heteroatoms. The summed E-state index contributed by atoms with van der Waals surface area (Å²) in [4.78, 5) is 9.50. The van der Waals surface area contributed by atoms with Crippen molar-refractivity contribution in [3.05, 3.63) is 0 Å². The third kappa shape index (κ3) is 1.65. The lowest BCUT2D eigenvalue weighted by atomic mass is 9.86. The summed E-state index contributed by atoms with van der Waals surface area (Å²) in [5.74, 6) is 0.413. The maximum Gasteiger partial charge on any atom is 0.325 e. The molecule has 17 heavy (non-hydrogen) atoms. The van der Waals surface area contributed by atoms with Gasteiger partial charge in [-0.1, -0.05) is 0 Å². The highest BCUT2D eigenvalue weighted by molar-refractivity contribution is 7.51. The molecule has 0 aromatic rings. The first-order valence-corrected chi connectivity index (χ1v) is 8.05. The van der Waals surface area contributed by atoms with Gasteiger partial charge >= 0.3 is 7.60 Å². The van der Waals surface area contributed by atoms with Gasteiger partial charge in [-0.2, -0.15) is 0 Å². The van der Waals surface area contributed by atoms with Gasteiger partial charge in [-0.15, -0.1) is 0 Å². The summed E-state index contributed by atoms with van der Waals surface area (Å²) in [5, 5.41) is 0. The second kappa shape index (κ2) is 3.37. The zero-order chi connectivity index (χ0) is 12.5. The van der Waals surface area contributed by atoms with E-state index in [1.165, 1.54) is 6.66 Å². The zero-order valence-corrected chi connectivity index (χ0v) is 11.3. The third-order valence-electron chi connectivity index (χ3n) is 4.34. The van der Waals surface area contributed by atoms with Crippen molar-refractivity contribution in [2.24, 2.45) is 5.92 Å². The Morgan fingerprint density at radius 3 is 2.76 bits per heavy atom. The second-order valence-corrected chi connectivity index (χ2v) is 7.54. The van der Waals surface area contributed by atoms with Crippen molar-refractivity contribution in [2.45, 2.75) is 42.6 Å².